The average Bonchev–Trinajstić information content (AvgIpc) is 3.10. The Hall–Kier alpha value is -3.04. The predicted octanol–water partition coefficient (Wildman–Crippen LogP) is 11.9. The van der Waals surface area contributed by atoms with Crippen LogP contribution in [0.3, 0.4) is 0 Å². The molecule has 0 aromatic rings. The van der Waals surface area contributed by atoms with E-state index in [4.69, 9.17) is 18.9 Å². The Kier molecular flexibility index (Phi) is 31.3. The minimum Gasteiger partial charge on any atom is -0.466 e. The lowest BCUT2D eigenvalue weighted by Crippen LogP contribution is -2.40. The zero-order valence-corrected chi connectivity index (χ0v) is 36.6. The fourth-order valence-electron chi connectivity index (χ4n) is 5.65. The molecule has 0 bridgehead atoms. The summed E-state index contributed by atoms with van der Waals surface area (Å²) in [7, 11) is 0. The highest BCUT2D eigenvalue weighted by Crippen LogP contribution is 2.15. The zero-order valence-electron chi connectivity index (χ0n) is 36.6. The van der Waals surface area contributed by atoms with Crippen LogP contribution in [0, 0.1) is 0 Å². The molecule has 0 aromatic heterocycles. The number of esters is 2. The standard InChI is InChI=1S/C45H82N2O8/c1-9-11-13-15-16-17-18-19-20-21-22-23-24-25-27-31-39-53-41(49)33-37-47(43(51)55-45(6,7)8)35-29-28-34-46(42(50)54-44(3,4)5)36-32-40(48)52-38-30-26-14-12-10-2/h12,14,19-20H,9-11,13,15-18,21-39H2,1-8H3. The van der Waals surface area contributed by atoms with Gasteiger partial charge in [-0.15, -0.1) is 0 Å². The van der Waals surface area contributed by atoms with Crippen LogP contribution in [0.5, 0.6) is 0 Å². The topological polar surface area (TPSA) is 112 Å². The third-order valence-electron chi connectivity index (χ3n) is 8.68. The summed E-state index contributed by atoms with van der Waals surface area (Å²) in [6.07, 6.45) is 28.8. The van der Waals surface area contributed by atoms with Gasteiger partial charge in [-0.3, -0.25) is 9.59 Å². The largest absolute Gasteiger partial charge is 0.466 e. The highest BCUT2D eigenvalue weighted by Gasteiger charge is 2.25. The fourth-order valence-corrected chi connectivity index (χ4v) is 5.65. The van der Waals surface area contributed by atoms with Crippen molar-refractivity contribution in [2.75, 3.05) is 39.4 Å². The molecule has 0 fully saturated rings. The van der Waals surface area contributed by atoms with Gasteiger partial charge in [-0.25, -0.2) is 9.59 Å². The lowest BCUT2D eigenvalue weighted by Gasteiger charge is -2.29. The van der Waals surface area contributed by atoms with Crippen LogP contribution in [0.1, 0.15) is 190 Å². The van der Waals surface area contributed by atoms with E-state index in [0.29, 0.717) is 39.1 Å². The van der Waals surface area contributed by atoms with E-state index in [-0.39, 0.29) is 37.9 Å². The summed E-state index contributed by atoms with van der Waals surface area (Å²) in [6, 6.07) is 0. The molecule has 0 N–H and O–H groups in total. The van der Waals surface area contributed by atoms with Gasteiger partial charge < -0.3 is 28.7 Å². The second kappa shape index (κ2) is 33.1. The summed E-state index contributed by atoms with van der Waals surface area (Å²) < 4.78 is 22.0. The predicted molar refractivity (Wildman–Crippen MR) is 224 cm³/mol. The maximum Gasteiger partial charge on any atom is 0.410 e. The second-order valence-corrected chi connectivity index (χ2v) is 16.5. The Morgan fingerprint density at radius 2 is 0.836 bits per heavy atom. The zero-order chi connectivity index (χ0) is 41.2. The summed E-state index contributed by atoms with van der Waals surface area (Å²) in [5, 5.41) is 0. The molecule has 0 heterocycles. The Labute approximate surface area is 336 Å². The van der Waals surface area contributed by atoms with Crippen molar-refractivity contribution in [2.24, 2.45) is 0 Å². The Morgan fingerprint density at radius 3 is 1.27 bits per heavy atom. The molecule has 320 valence electrons. The summed E-state index contributed by atoms with van der Waals surface area (Å²) in [4.78, 5) is 54.0. The number of hydrogen-bond acceptors (Lipinski definition) is 8. The fraction of sp³-hybridized carbons (Fsp3) is 0.822. The van der Waals surface area contributed by atoms with Crippen molar-refractivity contribution in [1.82, 2.24) is 9.80 Å². The van der Waals surface area contributed by atoms with E-state index >= 15 is 0 Å². The van der Waals surface area contributed by atoms with E-state index in [1.54, 1.807) is 41.5 Å². The first-order valence-electron chi connectivity index (χ1n) is 21.8. The first-order valence-corrected chi connectivity index (χ1v) is 21.8. The van der Waals surface area contributed by atoms with Crippen LogP contribution in [-0.4, -0.2) is 84.5 Å². The van der Waals surface area contributed by atoms with Gasteiger partial charge in [0.1, 0.15) is 11.2 Å². The number of allylic oxidation sites excluding steroid dienone is 4. The van der Waals surface area contributed by atoms with Gasteiger partial charge in [0, 0.05) is 26.2 Å². The molecule has 0 aliphatic rings. The maximum atomic E-state index is 13.0. The lowest BCUT2D eigenvalue weighted by atomic mass is 10.1. The molecule has 0 saturated carbocycles. The summed E-state index contributed by atoms with van der Waals surface area (Å²) in [5.74, 6) is -0.689. The third-order valence-corrected chi connectivity index (χ3v) is 8.68. The molecule has 0 atom stereocenters. The van der Waals surface area contributed by atoms with Gasteiger partial charge in [0.2, 0.25) is 0 Å². The molecule has 0 aromatic carbocycles. The molecule has 0 rings (SSSR count). The molecule has 0 saturated heterocycles. The van der Waals surface area contributed by atoms with Gasteiger partial charge in [0.15, 0.2) is 0 Å². The first-order chi connectivity index (χ1) is 26.2. The lowest BCUT2D eigenvalue weighted by molar-refractivity contribution is -0.145. The summed E-state index contributed by atoms with van der Waals surface area (Å²) in [6.45, 7) is 16.9. The Morgan fingerprint density at radius 1 is 0.455 bits per heavy atom. The van der Waals surface area contributed by atoms with E-state index in [1.807, 2.05) is 0 Å². The molecule has 2 amide bonds. The van der Waals surface area contributed by atoms with E-state index < -0.39 is 23.4 Å². The monoisotopic (exact) mass is 779 g/mol. The van der Waals surface area contributed by atoms with Crippen molar-refractivity contribution in [3.05, 3.63) is 24.3 Å². The van der Waals surface area contributed by atoms with Gasteiger partial charge in [0.05, 0.1) is 26.1 Å². The minimum atomic E-state index is -0.687. The van der Waals surface area contributed by atoms with Crippen LogP contribution in [-0.2, 0) is 28.5 Å². The van der Waals surface area contributed by atoms with Crippen molar-refractivity contribution in [3.8, 4) is 0 Å². The second-order valence-electron chi connectivity index (χ2n) is 16.5. The number of carbonyl (C=O) groups excluding carboxylic acids is 4. The number of amides is 2. The molecule has 10 nitrogen and oxygen atoms in total. The highest BCUT2D eigenvalue weighted by atomic mass is 16.6. The van der Waals surface area contributed by atoms with Gasteiger partial charge in [-0.05, 0) is 106 Å². The van der Waals surface area contributed by atoms with Crippen LogP contribution in [0.25, 0.3) is 0 Å². The molecule has 0 radical (unpaired) electrons. The summed E-state index contributed by atoms with van der Waals surface area (Å²) in [5.41, 5.74) is -1.37. The van der Waals surface area contributed by atoms with Crippen molar-refractivity contribution >= 4 is 24.1 Å². The number of ether oxygens (including phenoxy) is 4. The molecule has 55 heavy (non-hydrogen) atoms. The van der Waals surface area contributed by atoms with Gasteiger partial charge in [-0.2, -0.15) is 0 Å². The number of unbranched alkanes of at least 4 members (excludes halogenated alkanes) is 14. The van der Waals surface area contributed by atoms with Gasteiger partial charge in [0.25, 0.3) is 0 Å². The van der Waals surface area contributed by atoms with E-state index in [9.17, 15) is 19.2 Å². The van der Waals surface area contributed by atoms with Crippen LogP contribution in [0.2, 0.25) is 0 Å². The highest BCUT2D eigenvalue weighted by molar-refractivity contribution is 5.73. The number of carbonyl (C=O) groups is 4. The van der Waals surface area contributed by atoms with Gasteiger partial charge >= 0.3 is 24.1 Å². The van der Waals surface area contributed by atoms with Crippen LogP contribution in [0.15, 0.2) is 24.3 Å². The molecule has 10 heteroatoms. The van der Waals surface area contributed by atoms with Crippen LogP contribution < -0.4 is 0 Å². The van der Waals surface area contributed by atoms with E-state index in [2.05, 4.69) is 38.2 Å². The smallest absolute Gasteiger partial charge is 0.410 e. The number of hydrogen-bond donors (Lipinski definition) is 0. The van der Waals surface area contributed by atoms with Crippen molar-refractivity contribution in [3.63, 3.8) is 0 Å². The van der Waals surface area contributed by atoms with Crippen LogP contribution >= 0.6 is 0 Å². The van der Waals surface area contributed by atoms with E-state index in [1.165, 1.54) is 74.0 Å². The molecule has 0 aliphatic carbocycles. The first kappa shape index (κ1) is 52.0. The maximum absolute atomic E-state index is 13.0. The molecule has 0 unspecified atom stereocenters. The van der Waals surface area contributed by atoms with E-state index in [0.717, 1.165) is 44.9 Å². The SMILES string of the molecule is CCC=CCCCOC(=O)CCN(CCCCN(CCC(=O)OCCCCCCCCC=CCCCCCCCC)C(=O)OC(C)(C)C)C(=O)OC(C)(C)C. The van der Waals surface area contributed by atoms with Crippen molar-refractivity contribution in [2.45, 2.75) is 201 Å². The molecule has 0 spiro atoms. The minimum absolute atomic E-state index is 0.0629. The third kappa shape index (κ3) is 35.1. The normalized spacial score (nSPS) is 11.9. The number of nitrogens with zero attached hydrogens (tertiary/aromatic N) is 2. The molecular weight excluding hydrogens is 697 g/mol. The summed E-state index contributed by atoms with van der Waals surface area (Å²) >= 11 is 0. The van der Waals surface area contributed by atoms with Crippen molar-refractivity contribution < 1.29 is 38.1 Å². The van der Waals surface area contributed by atoms with Crippen molar-refractivity contribution in [1.29, 1.82) is 0 Å². The van der Waals surface area contributed by atoms with Crippen LogP contribution in [0.4, 0.5) is 9.59 Å². The molecule has 0 aliphatic heterocycles. The Bertz CT molecular complexity index is 1060. The number of rotatable bonds is 32. The molecular formula is C45H82N2O8. The Balaban J connectivity index is 4.61. The quantitative estimate of drug-likeness (QED) is 0.0287. The average molecular weight is 779 g/mol. The van der Waals surface area contributed by atoms with Gasteiger partial charge in [-0.1, -0.05) is 95.9 Å².